The molecule has 1 N–H and O–H groups in total. The highest BCUT2D eigenvalue weighted by Crippen LogP contribution is 2.20. The van der Waals surface area contributed by atoms with Crippen LogP contribution in [-0.2, 0) is 4.79 Å². The molecule has 0 fully saturated rings. The molecule has 0 spiro atoms. The van der Waals surface area contributed by atoms with Gasteiger partial charge in [0.2, 0.25) is 5.91 Å². The predicted octanol–water partition coefficient (Wildman–Crippen LogP) is 3.52. The van der Waals surface area contributed by atoms with Crippen molar-refractivity contribution in [2.75, 3.05) is 5.32 Å². The maximum absolute atomic E-state index is 11.4. The molecule has 0 atom stereocenters. The second-order valence-corrected chi connectivity index (χ2v) is 3.71. The number of rotatable bonds is 3. The van der Waals surface area contributed by atoms with Gasteiger partial charge in [-0.15, -0.1) is 0 Å². The summed E-state index contributed by atoms with van der Waals surface area (Å²) < 4.78 is 0.873. The summed E-state index contributed by atoms with van der Waals surface area (Å²) in [6.07, 6.45) is 6.85. The van der Waals surface area contributed by atoms with E-state index in [1.165, 1.54) is 6.08 Å². The van der Waals surface area contributed by atoms with Crippen LogP contribution in [0.15, 0.2) is 53.0 Å². The summed E-state index contributed by atoms with van der Waals surface area (Å²) in [5.41, 5.74) is 0.771. The topological polar surface area (TPSA) is 29.1 Å². The molecule has 2 nitrogen and oxygen atoms in total. The fourth-order valence-electron chi connectivity index (χ4n) is 0.991. The smallest absolute Gasteiger partial charge is 0.248 e. The summed E-state index contributed by atoms with van der Waals surface area (Å²) in [5.74, 6) is -0.139. The standard InChI is InChI=1S/C12H12BrNO/c1-2-3-4-9-12(15)14-11-8-6-5-7-10(11)13/h2-9H,1H3,(H,14,15)/b3-2+,9-4+. The van der Waals surface area contributed by atoms with Gasteiger partial charge in [0, 0.05) is 10.5 Å². The van der Waals surface area contributed by atoms with Crippen LogP contribution in [0.4, 0.5) is 5.69 Å². The van der Waals surface area contributed by atoms with Gasteiger partial charge in [0.25, 0.3) is 0 Å². The van der Waals surface area contributed by atoms with E-state index in [1.54, 1.807) is 12.2 Å². The SMILES string of the molecule is C/C=C/C=C/C(=O)Nc1ccccc1Br. The van der Waals surface area contributed by atoms with E-state index in [9.17, 15) is 4.79 Å². The highest BCUT2D eigenvalue weighted by molar-refractivity contribution is 9.10. The molecule has 0 aliphatic rings. The lowest BCUT2D eigenvalue weighted by Crippen LogP contribution is -2.07. The maximum Gasteiger partial charge on any atom is 0.248 e. The van der Waals surface area contributed by atoms with Gasteiger partial charge in [0.05, 0.1) is 5.69 Å². The Bertz CT molecular complexity index is 396. The monoisotopic (exact) mass is 265 g/mol. The number of anilines is 1. The molecule has 0 aromatic heterocycles. The molecule has 0 radical (unpaired) electrons. The van der Waals surface area contributed by atoms with Crippen molar-refractivity contribution in [2.45, 2.75) is 6.92 Å². The third-order valence-corrected chi connectivity index (χ3v) is 2.37. The Balaban J connectivity index is 2.63. The fourth-order valence-corrected chi connectivity index (χ4v) is 1.37. The minimum Gasteiger partial charge on any atom is -0.321 e. The third-order valence-electron chi connectivity index (χ3n) is 1.68. The van der Waals surface area contributed by atoms with Crippen LogP contribution in [0, 0.1) is 0 Å². The summed E-state index contributed by atoms with van der Waals surface area (Å²) >= 11 is 3.35. The lowest BCUT2D eigenvalue weighted by atomic mass is 10.3. The summed E-state index contributed by atoms with van der Waals surface area (Å²) in [7, 11) is 0. The first-order valence-electron chi connectivity index (χ1n) is 4.59. The van der Waals surface area contributed by atoms with Gasteiger partial charge >= 0.3 is 0 Å². The van der Waals surface area contributed by atoms with Crippen LogP contribution < -0.4 is 5.32 Å². The minimum absolute atomic E-state index is 0.139. The lowest BCUT2D eigenvalue weighted by Gasteiger charge is -2.03. The van der Waals surface area contributed by atoms with Gasteiger partial charge in [-0.25, -0.2) is 0 Å². The molecule has 0 heterocycles. The average molecular weight is 266 g/mol. The molecule has 1 rings (SSSR count). The summed E-state index contributed by atoms with van der Waals surface area (Å²) in [6.45, 7) is 1.90. The van der Waals surface area contributed by atoms with Crippen LogP contribution in [0.25, 0.3) is 0 Å². The van der Waals surface area contributed by atoms with Crippen LogP contribution in [-0.4, -0.2) is 5.91 Å². The first-order chi connectivity index (χ1) is 7.24. The van der Waals surface area contributed by atoms with Gasteiger partial charge in [-0.05, 0) is 35.0 Å². The maximum atomic E-state index is 11.4. The Morgan fingerprint density at radius 3 is 2.73 bits per heavy atom. The Labute approximate surface area is 97.8 Å². The van der Waals surface area contributed by atoms with Crippen molar-refractivity contribution in [1.82, 2.24) is 0 Å². The van der Waals surface area contributed by atoms with E-state index in [0.29, 0.717) is 0 Å². The Hall–Kier alpha value is -1.35. The van der Waals surface area contributed by atoms with Crippen molar-refractivity contribution in [2.24, 2.45) is 0 Å². The Morgan fingerprint density at radius 1 is 1.33 bits per heavy atom. The molecule has 1 amide bonds. The third kappa shape index (κ3) is 4.13. The molecule has 0 aliphatic heterocycles. The first kappa shape index (κ1) is 11.7. The number of amides is 1. The van der Waals surface area contributed by atoms with Gasteiger partial charge in [0.1, 0.15) is 0 Å². The van der Waals surface area contributed by atoms with E-state index in [1.807, 2.05) is 37.3 Å². The van der Waals surface area contributed by atoms with E-state index in [0.717, 1.165) is 10.2 Å². The first-order valence-corrected chi connectivity index (χ1v) is 5.38. The Kier molecular flexibility index (Phi) is 4.84. The Morgan fingerprint density at radius 2 is 2.07 bits per heavy atom. The predicted molar refractivity (Wildman–Crippen MR) is 66.7 cm³/mol. The fraction of sp³-hybridized carbons (Fsp3) is 0.0833. The van der Waals surface area contributed by atoms with Crippen molar-refractivity contribution in [1.29, 1.82) is 0 Å². The zero-order valence-corrected chi connectivity index (χ0v) is 9.99. The highest BCUT2D eigenvalue weighted by atomic mass is 79.9. The van der Waals surface area contributed by atoms with Crippen molar-refractivity contribution in [3.63, 3.8) is 0 Å². The summed E-state index contributed by atoms with van der Waals surface area (Å²) in [5, 5.41) is 2.76. The molecule has 0 saturated heterocycles. The number of benzene rings is 1. The average Bonchev–Trinajstić information content (AvgIpc) is 2.22. The lowest BCUT2D eigenvalue weighted by molar-refractivity contribution is -0.111. The van der Waals surface area contributed by atoms with Crippen LogP contribution in [0.5, 0.6) is 0 Å². The van der Waals surface area contributed by atoms with Crippen molar-refractivity contribution < 1.29 is 4.79 Å². The summed E-state index contributed by atoms with van der Waals surface area (Å²) in [6, 6.07) is 7.49. The van der Waals surface area contributed by atoms with Crippen LogP contribution in [0.1, 0.15) is 6.92 Å². The molecule has 78 valence electrons. The molecule has 0 bridgehead atoms. The second-order valence-electron chi connectivity index (χ2n) is 2.85. The zero-order chi connectivity index (χ0) is 11.1. The van der Waals surface area contributed by atoms with E-state index in [4.69, 9.17) is 0 Å². The second kappa shape index (κ2) is 6.19. The molecule has 0 aliphatic carbocycles. The van der Waals surface area contributed by atoms with Gasteiger partial charge in [-0.2, -0.15) is 0 Å². The van der Waals surface area contributed by atoms with Crippen molar-refractivity contribution in [3.05, 3.63) is 53.0 Å². The molecule has 3 heteroatoms. The largest absolute Gasteiger partial charge is 0.321 e. The molecule has 0 saturated carbocycles. The molecule has 0 unspecified atom stereocenters. The van der Waals surface area contributed by atoms with Gasteiger partial charge in [-0.3, -0.25) is 4.79 Å². The molecule has 1 aromatic carbocycles. The highest BCUT2D eigenvalue weighted by Gasteiger charge is 2.00. The van der Waals surface area contributed by atoms with Crippen molar-refractivity contribution in [3.8, 4) is 0 Å². The number of hydrogen-bond acceptors (Lipinski definition) is 1. The quantitative estimate of drug-likeness (QED) is 0.658. The van der Waals surface area contributed by atoms with Gasteiger partial charge in [-0.1, -0.05) is 30.4 Å². The number of halogens is 1. The molecular formula is C12H12BrNO. The van der Waals surface area contributed by atoms with E-state index in [-0.39, 0.29) is 5.91 Å². The zero-order valence-electron chi connectivity index (χ0n) is 8.41. The van der Waals surface area contributed by atoms with E-state index < -0.39 is 0 Å². The number of carbonyl (C=O) groups excluding carboxylic acids is 1. The van der Waals surface area contributed by atoms with E-state index in [2.05, 4.69) is 21.2 Å². The number of para-hydroxylation sites is 1. The van der Waals surface area contributed by atoms with Crippen molar-refractivity contribution >= 4 is 27.5 Å². The normalized spacial score (nSPS) is 11.1. The molecular weight excluding hydrogens is 254 g/mol. The summed E-state index contributed by atoms with van der Waals surface area (Å²) in [4.78, 5) is 11.4. The van der Waals surface area contributed by atoms with Gasteiger partial charge in [0.15, 0.2) is 0 Å². The van der Waals surface area contributed by atoms with E-state index >= 15 is 0 Å². The van der Waals surface area contributed by atoms with Crippen LogP contribution in [0.2, 0.25) is 0 Å². The van der Waals surface area contributed by atoms with Crippen LogP contribution >= 0.6 is 15.9 Å². The number of nitrogens with one attached hydrogen (secondary N) is 1. The minimum atomic E-state index is -0.139. The molecule has 1 aromatic rings. The van der Waals surface area contributed by atoms with Gasteiger partial charge < -0.3 is 5.32 Å². The number of hydrogen-bond donors (Lipinski definition) is 1. The number of allylic oxidation sites excluding steroid dienone is 3. The molecule has 15 heavy (non-hydrogen) atoms. The van der Waals surface area contributed by atoms with Crippen LogP contribution in [0.3, 0.4) is 0 Å². The number of carbonyl (C=O) groups is 1.